The van der Waals surface area contributed by atoms with Crippen LogP contribution in [0.3, 0.4) is 0 Å². The minimum Gasteiger partial charge on any atom is -0.367 e. The van der Waals surface area contributed by atoms with Crippen molar-refractivity contribution in [2.45, 2.75) is 71.4 Å². The van der Waals surface area contributed by atoms with Gasteiger partial charge >= 0.3 is 0 Å². The number of nitrogens with zero attached hydrogens (tertiary/aromatic N) is 8. The molecule has 0 atom stereocenters. The number of aryl methyl sites for hydroxylation is 2. The highest BCUT2D eigenvalue weighted by Gasteiger charge is 2.25. The van der Waals surface area contributed by atoms with E-state index in [9.17, 15) is 4.79 Å². The van der Waals surface area contributed by atoms with Crippen LogP contribution in [0.2, 0.25) is 0 Å². The van der Waals surface area contributed by atoms with Gasteiger partial charge in [0.25, 0.3) is 11.3 Å². The molecule has 0 radical (unpaired) electrons. The largest absolute Gasteiger partial charge is 0.367 e. The fraction of sp³-hybridized carbons (Fsp3) is 0.478. The zero-order valence-electron chi connectivity index (χ0n) is 19.4. The van der Waals surface area contributed by atoms with E-state index >= 15 is 0 Å². The predicted octanol–water partition coefficient (Wildman–Crippen LogP) is 3.20. The monoisotopic (exact) mass is 447 g/mol. The zero-order valence-corrected chi connectivity index (χ0v) is 19.4. The molecule has 5 rings (SSSR count). The van der Waals surface area contributed by atoms with E-state index < -0.39 is 0 Å². The molecule has 1 aliphatic rings. The van der Waals surface area contributed by atoms with Crippen molar-refractivity contribution in [2.75, 3.05) is 5.32 Å². The molecular formula is C23H29N9O. The molecule has 172 valence electrons. The first-order valence-electron chi connectivity index (χ1n) is 11.5. The van der Waals surface area contributed by atoms with Gasteiger partial charge in [-0.2, -0.15) is 19.7 Å². The second kappa shape index (κ2) is 8.42. The molecule has 1 N–H and O–H groups in total. The number of nitrogens with one attached hydrogen (secondary N) is 1. The summed E-state index contributed by atoms with van der Waals surface area (Å²) in [6.07, 6.45) is 5.13. The zero-order chi connectivity index (χ0) is 23.1. The van der Waals surface area contributed by atoms with E-state index in [1.165, 1.54) is 6.33 Å². The Morgan fingerprint density at radius 3 is 2.55 bits per heavy atom. The third-order valence-electron chi connectivity index (χ3n) is 6.30. The van der Waals surface area contributed by atoms with Crippen LogP contribution < -0.4 is 10.9 Å². The Labute approximate surface area is 191 Å². The highest BCUT2D eigenvalue weighted by Crippen LogP contribution is 2.29. The molecule has 0 saturated heterocycles. The van der Waals surface area contributed by atoms with Gasteiger partial charge in [-0.05, 0) is 57.6 Å². The standard InChI is InChI=1S/C23H29N9O/c1-14(2)19-12-21(32-23(27-19)24-13-25-32)26-17-5-7-18(8-6-17)31-22(33)10-9-20(29-31)30-16(4)11-15(3)28-30/h9-14,17-18,26H,5-8H2,1-4H3. The molecule has 1 fully saturated rings. The van der Waals surface area contributed by atoms with Gasteiger partial charge in [-0.15, -0.1) is 5.10 Å². The first kappa shape index (κ1) is 21.3. The van der Waals surface area contributed by atoms with Crippen molar-refractivity contribution in [3.63, 3.8) is 0 Å². The van der Waals surface area contributed by atoms with Crippen molar-refractivity contribution >= 4 is 11.6 Å². The minimum absolute atomic E-state index is 0.0718. The lowest BCUT2D eigenvalue weighted by Gasteiger charge is -2.30. The van der Waals surface area contributed by atoms with Gasteiger partial charge in [-0.3, -0.25) is 4.79 Å². The van der Waals surface area contributed by atoms with Crippen molar-refractivity contribution < 1.29 is 0 Å². The van der Waals surface area contributed by atoms with E-state index in [2.05, 4.69) is 50.5 Å². The maximum absolute atomic E-state index is 12.6. The van der Waals surface area contributed by atoms with Crippen LogP contribution in [0.4, 0.5) is 5.82 Å². The van der Waals surface area contributed by atoms with Gasteiger partial charge < -0.3 is 5.32 Å². The van der Waals surface area contributed by atoms with E-state index in [1.807, 2.05) is 19.9 Å². The maximum Gasteiger partial charge on any atom is 0.267 e. The second-order valence-electron chi connectivity index (χ2n) is 9.16. The van der Waals surface area contributed by atoms with Crippen LogP contribution in [0, 0.1) is 13.8 Å². The molecular weight excluding hydrogens is 418 g/mol. The average molecular weight is 448 g/mol. The quantitative estimate of drug-likeness (QED) is 0.500. The van der Waals surface area contributed by atoms with Gasteiger partial charge in [0.2, 0.25) is 0 Å². The van der Waals surface area contributed by atoms with E-state index in [4.69, 9.17) is 0 Å². The van der Waals surface area contributed by atoms with E-state index in [0.717, 1.165) is 48.6 Å². The summed E-state index contributed by atoms with van der Waals surface area (Å²) in [5, 5.41) is 17.1. The lowest BCUT2D eigenvalue weighted by Crippen LogP contribution is -2.34. The summed E-state index contributed by atoms with van der Waals surface area (Å²) in [6, 6.07) is 7.75. The summed E-state index contributed by atoms with van der Waals surface area (Å²) in [5.41, 5.74) is 2.84. The van der Waals surface area contributed by atoms with Crippen molar-refractivity contribution in [3.8, 4) is 5.82 Å². The SMILES string of the molecule is Cc1cc(C)n(-c2ccc(=O)n(C3CCC(Nc4cc(C(C)C)nc5ncnn45)CC3)n2)n1. The molecule has 4 aromatic rings. The Bertz CT molecular complexity index is 1340. The van der Waals surface area contributed by atoms with Crippen LogP contribution >= 0.6 is 0 Å². The van der Waals surface area contributed by atoms with Crippen molar-refractivity contribution in [1.29, 1.82) is 0 Å². The average Bonchev–Trinajstić information content (AvgIpc) is 3.40. The summed E-state index contributed by atoms with van der Waals surface area (Å²) >= 11 is 0. The number of anilines is 1. The van der Waals surface area contributed by atoms with Gasteiger partial charge in [0.1, 0.15) is 12.1 Å². The number of rotatable bonds is 5. The van der Waals surface area contributed by atoms with Gasteiger partial charge in [-0.25, -0.2) is 14.3 Å². The Morgan fingerprint density at radius 2 is 1.85 bits per heavy atom. The summed E-state index contributed by atoms with van der Waals surface area (Å²) in [4.78, 5) is 21.5. The van der Waals surface area contributed by atoms with Crippen molar-refractivity contribution in [1.82, 2.24) is 39.1 Å². The summed E-state index contributed by atoms with van der Waals surface area (Å²) in [6.45, 7) is 8.18. The van der Waals surface area contributed by atoms with Crippen LogP contribution in [0.15, 0.2) is 35.4 Å². The van der Waals surface area contributed by atoms with Gasteiger partial charge in [-0.1, -0.05) is 13.8 Å². The fourth-order valence-corrected chi connectivity index (χ4v) is 4.55. The van der Waals surface area contributed by atoms with Crippen LogP contribution in [0.5, 0.6) is 0 Å². The normalized spacial score (nSPS) is 18.8. The van der Waals surface area contributed by atoms with Gasteiger partial charge in [0.15, 0.2) is 5.82 Å². The first-order chi connectivity index (χ1) is 15.9. The molecule has 10 heteroatoms. The molecule has 0 bridgehead atoms. The Balaban J connectivity index is 1.33. The first-order valence-corrected chi connectivity index (χ1v) is 11.5. The summed E-state index contributed by atoms with van der Waals surface area (Å²) in [5.74, 6) is 2.49. The van der Waals surface area contributed by atoms with E-state index in [-0.39, 0.29) is 17.6 Å². The molecule has 0 unspecified atom stereocenters. The molecule has 4 heterocycles. The number of hydrogen-bond donors (Lipinski definition) is 1. The molecule has 0 aromatic carbocycles. The summed E-state index contributed by atoms with van der Waals surface area (Å²) < 4.78 is 5.18. The highest BCUT2D eigenvalue weighted by molar-refractivity contribution is 5.46. The van der Waals surface area contributed by atoms with Crippen LogP contribution in [-0.2, 0) is 0 Å². The molecule has 4 aromatic heterocycles. The molecule has 1 saturated carbocycles. The fourth-order valence-electron chi connectivity index (χ4n) is 4.55. The Hall–Kier alpha value is -3.56. The highest BCUT2D eigenvalue weighted by atomic mass is 16.1. The lowest BCUT2D eigenvalue weighted by atomic mass is 9.91. The van der Waals surface area contributed by atoms with Crippen molar-refractivity contribution in [2.24, 2.45) is 0 Å². The minimum atomic E-state index is -0.0725. The predicted molar refractivity (Wildman–Crippen MR) is 125 cm³/mol. The molecule has 33 heavy (non-hydrogen) atoms. The second-order valence-corrected chi connectivity index (χ2v) is 9.16. The summed E-state index contributed by atoms with van der Waals surface area (Å²) in [7, 11) is 0. The molecule has 0 spiro atoms. The number of hydrogen-bond acceptors (Lipinski definition) is 7. The van der Waals surface area contributed by atoms with Crippen LogP contribution in [0.1, 0.15) is 68.6 Å². The topological polar surface area (TPSA) is 108 Å². The Morgan fingerprint density at radius 1 is 1.06 bits per heavy atom. The smallest absolute Gasteiger partial charge is 0.267 e. The number of aromatic nitrogens is 8. The van der Waals surface area contributed by atoms with Crippen molar-refractivity contribution in [3.05, 3.63) is 58.0 Å². The molecule has 1 aliphatic carbocycles. The van der Waals surface area contributed by atoms with Crippen LogP contribution in [0.25, 0.3) is 11.6 Å². The van der Waals surface area contributed by atoms with Crippen LogP contribution in [-0.4, -0.2) is 45.2 Å². The number of fused-ring (bicyclic) bond motifs is 1. The van der Waals surface area contributed by atoms with Gasteiger partial charge in [0.05, 0.1) is 17.4 Å². The van der Waals surface area contributed by atoms with Gasteiger partial charge in [0, 0.05) is 23.9 Å². The maximum atomic E-state index is 12.6. The Kier molecular flexibility index (Phi) is 5.43. The third-order valence-corrected chi connectivity index (χ3v) is 6.30. The molecule has 0 amide bonds. The molecule has 0 aliphatic heterocycles. The third kappa shape index (κ3) is 4.12. The van der Waals surface area contributed by atoms with E-state index in [0.29, 0.717) is 17.5 Å². The van der Waals surface area contributed by atoms with E-state index in [1.54, 1.807) is 26.0 Å². The lowest BCUT2D eigenvalue weighted by molar-refractivity contribution is 0.302. The molecule has 10 nitrogen and oxygen atoms in total.